The molecule has 344 valence electrons. The standard InChI is InChI=1S/C46H68F4N2O7S2/c1-30(2)37-34(59-61(57,58)46(48,49)50)27-45(29-51-21-8-22-52-23-25-60(55,56)26-24-52)20-19-42(6)33(38(37)45)9-10-36-41(5)15-13-32(40(3,4)35(41)14-16-43(36,42)7)31-11-17-44(28-47,18-12-31)39(53)54/h11,13,27,30,33,35-36,51H,8-10,12,14-26,28-29H2,1-7H3,(H,53,54)/t33-,35+,36-,41+,42-,43-,44?,45+/m1/s1. The van der Waals surface area contributed by atoms with E-state index >= 15 is 0 Å². The molecule has 2 N–H and O–H groups in total. The average Bonchev–Trinajstić information content (AvgIpc) is 3.48. The summed E-state index contributed by atoms with van der Waals surface area (Å²) in [5, 5.41) is 13.4. The Morgan fingerprint density at radius 1 is 0.967 bits per heavy atom. The summed E-state index contributed by atoms with van der Waals surface area (Å²) in [5.74, 6) is -0.590. The first-order valence-corrected chi connectivity index (χ1v) is 25.8. The van der Waals surface area contributed by atoms with Gasteiger partial charge in [-0.1, -0.05) is 60.6 Å². The summed E-state index contributed by atoms with van der Waals surface area (Å²) in [6.45, 7) is 17.6. The van der Waals surface area contributed by atoms with E-state index < -0.39 is 48.9 Å². The smallest absolute Gasteiger partial charge is 0.481 e. The maximum atomic E-state index is 14.0. The largest absolute Gasteiger partial charge is 0.534 e. The number of carboxylic acids is 1. The number of alkyl halides is 4. The molecule has 9 nitrogen and oxygen atoms in total. The molecule has 0 spiro atoms. The van der Waals surface area contributed by atoms with Crippen LogP contribution < -0.4 is 5.32 Å². The van der Waals surface area contributed by atoms with Crippen molar-refractivity contribution in [2.24, 2.45) is 56.2 Å². The van der Waals surface area contributed by atoms with Gasteiger partial charge in [0.1, 0.15) is 12.4 Å². The second-order valence-corrected chi connectivity index (χ2v) is 25.3. The fourth-order valence-electron chi connectivity index (χ4n) is 14.3. The van der Waals surface area contributed by atoms with Crippen LogP contribution in [0, 0.1) is 56.2 Å². The lowest BCUT2D eigenvalue weighted by atomic mass is 9.33. The van der Waals surface area contributed by atoms with E-state index in [-0.39, 0.29) is 63.6 Å². The number of aliphatic carboxylic acids is 1. The second-order valence-electron chi connectivity index (χ2n) is 21.5. The Balaban J connectivity index is 1.19. The molecular formula is C46H68F4N2O7S2. The van der Waals surface area contributed by atoms with Crippen LogP contribution in [0.5, 0.6) is 0 Å². The van der Waals surface area contributed by atoms with Crippen molar-refractivity contribution < 1.29 is 48.5 Å². The molecule has 0 bridgehead atoms. The van der Waals surface area contributed by atoms with E-state index in [9.17, 15) is 44.3 Å². The van der Waals surface area contributed by atoms with Crippen molar-refractivity contribution >= 4 is 25.9 Å². The highest BCUT2D eigenvalue weighted by molar-refractivity contribution is 7.91. The minimum absolute atomic E-state index is 0.0109. The summed E-state index contributed by atoms with van der Waals surface area (Å²) in [5.41, 5.74) is -4.27. The summed E-state index contributed by atoms with van der Waals surface area (Å²) in [6, 6.07) is 0. The number of sulfone groups is 1. The number of rotatable bonds is 12. The van der Waals surface area contributed by atoms with Crippen LogP contribution in [0.2, 0.25) is 0 Å². The molecule has 7 aliphatic rings. The first-order chi connectivity index (χ1) is 28.2. The van der Waals surface area contributed by atoms with Crippen LogP contribution in [0.1, 0.15) is 119 Å². The van der Waals surface area contributed by atoms with E-state index in [4.69, 9.17) is 4.18 Å². The van der Waals surface area contributed by atoms with Crippen molar-refractivity contribution in [3.05, 3.63) is 46.3 Å². The zero-order valence-electron chi connectivity index (χ0n) is 37.1. The second kappa shape index (κ2) is 15.7. The molecule has 1 heterocycles. The lowest BCUT2D eigenvalue weighted by molar-refractivity contribution is -0.197. The van der Waals surface area contributed by atoms with E-state index in [1.54, 1.807) is 6.08 Å². The molecule has 8 atom stereocenters. The van der Waals surface area contributed by atoms with Crippen molar-refractivity contribution in [3.63, 3.8) is 0 Å². The number of halogens is 4. The number of carboxylic acid groups (broad SMARTS) is 1. The molecule has 0 amide bonds. The number of carbonyl (C=O) groups is 1. The number of hydrogen-bond donors (Lipinski definition) is 2. The van der Waals surface area contributed by atoms with Crippen molar-refractivity contribution in [1.29, 1.82) is 0 Å². The number of fused-ring (bicyclic) bond motifs is 7. The van der Waals surface area contributed by atoms with E-state index in [0.29, 0.717) is 56.4 Å². The Kier molecular flexibility index (Phi) is 12.1. The monoisotopic (exact) mass is 900 g/mol. The zero-order valence-corrected chi connectivity index (χ0v) is 38.8. The molecule has 61 heavy (non-hydrogen) atoms. The van der Waals surface area contributed by atoms with Crippen LogP contribution in [-0.2, 0) is 28.9 Å². The zero-order chi connectivity index (χ0) is 44.8. The molecule has 6 aliphatic carbocycles. The predicted molar refractivity (Wildman–Crippen MR) is 228 cm³/mol. The van der Waals surface area contributed by atoms with Crippen LogP contribution in [0.4, 0.5) is 17.6 Å². The summed E-state index contributed by atoms with van der Waals surface area (Å²) >= 11 is 0. The first-order valence-electron chi connectivity index (χ1n) is 22.5. The Labute approximate surface area is 361 Å². The molecule has 4 fully saturated rings. The van der Waals surface area contributed by atoms with Crippen molar-refractivity contribution in [3.8, 4) is 0 Å². The maximum Gasteiger partial charge on any atom is 0.534 e. The fourth-order valence-corrected chi connectivity index (χ4v) is 16.1. The van der Waals surface area contributed by atoms with Gasteiger partial charge in [0.25, 0.3) is 0 Å². The van der Waals surface area contributed by atoms with Crippen molar-refractivity contribution in [2.45, 2.75) is 125 Å². The highest BCUT2D eigenvalue weighted by Gasteiger charge is 2.69. The molecule has 0 aromatic rings. The minimum Gasteiger partial charge on any atom is -0.481 e. The number of allylic oxidation sites excluding steroid dienone is 5. The van der Waals surface area contributed by atoms with Gasteiger partial charge in [-0.15, -0.1) is 0 Å². The minimum atomic E-state index is -5.92. The SMILES string of the molecule is CC(C)C1=C2[C@H]3CC[C@@H]4[C@@]5(C)CC=C(C6=CCC(CF)(C(=O)O)CC6)C(C)(C)[C@@H]5CC[C@@]4(C)[C@]3(C)CC[C@@]2(CNCCCN2CCS(=O)(=O)CC2)C=C1OS(=O)(=O)C(F)(F)F. The van der Waals surface area contributed by atoms with Crippen LogP contribution in [0.3, 0.4) is 0 Å². The Hall–Kier alpha value is -2.23. The molecular weight excluding hydrogens is 833 g/mol. The highest BCUT2D eigenvalue weighted by atomic mass is 32.2. The van der Waals surface area contributed by atoms with Gasteiger partial charge in [0.05, 0.1) is 16.9 Å². The predicted octanol–water partition coefficient (Wildman–Crippen LogP) is 9.16. The van der Waals surface area contributed by atoms with E-state index in [1.807, 2.05) is 19.9 Å². The van der Waals surface area contributed by atoms with Gasteiger partial charge in [0.15, 0.2) is 9.84 Å². The van der Waals surface area contributed by atoms with Crippen LogP contribution in [-0.4, -0.2) is 89.2 Å². The van der Waals surface area contributed by atoms with Crippen LogP contribution in [0.25, 0.3) is 0 Å². The van der Waals surface area contributed by atoms with E-state index in [1.165, 1.54) is 5.57 Å². The van der Waals surface area contributed by atoms with Crippen molar-refractivity contribution in [1.82, 2.24) is 10.2 Å². The molecule has 0 radical (unpaired) electrons. The van der Waals surface area contributed by atoms with Gasteiger partial charge in [-0.3, -0.25) is 4.79 Å². The molecule has 15 heteroatoms. The molecule has 3 saturated carbocycles. The topological polar surface area (TPSA) is 130 Å². The quantitative estimate of drug-likeness (QED) is 0.0853. The molecule has 1 saturated heterocycles. The van der Waals surface area contributed by atoms with Gasteiger partial charge in [-0.2, -0.15) is 21.6 Å². The number of hydrogen-bond acceptors (Lipinski definition) is 8. The van der Waals surface area contributed by atoms with E-state index in [0.717, 1.165) is 62.6 Å². The van der Waals surface area contributed by atoms with Crippen molar-refractivity contribution in [2.75, 3.05) is 50.9 Å². The third-order valence-electron chi connectivity index (χ3n) is 17.8. The van der Waals surface area contributed by atoms with E-state index in [2.05, 4.69) is 50.9 Å². The Morgan fingerprint density at radius 2 is 1.66 bits per heavy atom. The Bertz CT molecular complexity index is 2120. The molecule has 0 aromatic heterocycles. The fraction of sp³-hybridized carbons (Fsp3) is 0.804. The van der Waals surface area contributed by atoms with Gasteiger partial charge in [0, 0.05) is 25.0 Å². The molecule has 1 unspecified atom stereocenters. The number of nitrogens with zero attached hydrogens (tertiary/aromatic N) is 1. The lowest BCUT2D eigenvalue weighted by Crippen LogP contribution is -2.64. The first kappa shape index (κ1) is 46.8. The van der Waals surface area contributed by atoms with Crippen LogP contribution >= 0.6 is 0 Å². The summed E-state index contributed by atoms with van der Waals surface area (Å²) < 4.78 is 110. The van der Waals surface area contributed by atoms with Gasteiger partial charge in [-0.05, 0) is 157 Å². The summed E-state index contributed by atoms with van der Waals surface area (Å²) in [6.07, 6.45) is 13.8. The Morgan fingerprint density at radius 3 is 2.25 bits per heavy atom. The van der Waals surface area contributed by atoms with Gasteiger partial charge < -0.3 is 19.5 Å². The summed E-state index contributed by atoms with van der Waals surface area (Å²) in [7, 11) is -8.92. The average molecular weight is 901 g/mol. The highest BCUT2D eigenvalue weighted by Crippen LogP contribution is 2.77. The normalized spacial score (nSPS) is 38.7. The molecule has 1 aliphatic heterocycles. The van der Waals surface area contributed by atoms with Gasteiger partial charge in [-0.25, -0.2) is 12.8 Å². The molecule has 0 aromatic carbocycles. The third-order valence-corrected chi connectivity index (χ3v) is 20.4. The van der Waals surface area contributed by atoms with Gasteiger partial charge >= 0.3 is 21.6 Å². The molecule has 7 rings (SSSR count). The van der Waals surface area contributed by atoms with Gasteiger partial charge in [0.2, 0.25) is 0 Å². The lowest BCUT2D eigenvalue weighted by Gasteiger charge is -2.71. The van der Waals surface area contributed by atoms with Crippen LogP contribution in [0.15, 0.2) is 46.3 Å². The number of nitrogens with one attached hydrogen (secondary N) is 1. The third kappa shape index (κ3) is 7.60. The maximum absolute atomic E-state index is 14.0. The summed E-state index contributed by atoms with van der Waals surface area (Å²) in [4.78, 5) is 14.2.